The largest absolute Gasteiger partial charge is 0.485 e. The number of nitrogens with zero attached hydrogens (tertiary/aromatic N) is 5. The predicted octanol–water partition coefficient (Wildman–Crippen LogP) is 2.13. The number of halogens is 2. The van der Waals surface area contributed by atoms with Crippen molar-refractivity contribution in [3.8, 4) is 16.9 Å². The van der Waals surface area contributed by atoms with Crippen LogP contribution in [0.3, 0.4) is 0 Å². The second-order valence-electron chi connectivity index (χ2n) is 7.18. The summed E-state index contributed by atoms with van der Waals surface area (Å²) < 4.78 is 43.8. The van der Waals surface area contributed by atoms with Crippen LogP contribution in [0.2, 0.25) is 0 Å². The molecule has 4 heterocycles. The molecule has 1 fully saturated rings. The standard InChI is InChI=1S/C20H22F2N8O4/c1-24-20(31)33-3-2-30-8-11(6-26-30)13-7-25-16(4-14(13)34-12-9-32-10-12)28-17-5-15(23)27-19(29-17)18(21)22/h4-8,12,18H,2-3,9-10H2,1H3,(H,24,31)(H3,23,25,27,28,29). The van der Waals surface area contributed by atoms with E-state index in [1.54, 1.807) is 29.3 Å². The summed E-state index contributed by atoms with van der Waals surface area (Å²) in [6.45, 7) is 1.39. The first-order chi connectivity index (χ1) is 16.4. The first kappa shape index (κ1) is 23.1. The fourth-order valence-corrected chi connectivity index (χ4v) is 2.99. The summed E-state index contributed by atoms with van der Waals surface area (Å²) in [6, 6.07) is 2.95. The van der Waals surface area contributed by atoms with Gasteiger partial charge in [0.05, 0.1) is 26.0 Å². The molecular weight excluding hydrogens is 454 g/mol. The van der Waals surface area contributed by atoms with Gasteiger partial charge in [-0.05, 0) is 0 Å². The Morgan fingerprint density at radius 2 is 2.12 bits per heavy atom. The average Bonchev–Trinajstić information content (AvgIpc) is 3.24. The fraction of sp³-hybridized carbons (Fsp3) is 0.350. The highest BCUT2D eigenvalue weighted by molar-refractivity contribution is 5.71. The molecule has 0 bridgehead atoms. The molecule has 1 aliphatic rings. The Morgan fingerprint density at radius 3 is 2.82 bits per heavy atom. The molecule has 0 aliphatic carbocycles. The van der Waals surface area contributed by atoms with E-state index in [1.165, 1.54) is 13.1 Å². The molecule has 3 aromatic rings. The zero-order chi connectivity index (χ0) is 24.1. The number of hydrogen-bond donors (Lipinski definition) is 3. The lowest BCUT2D eigenvalue weighted by Crippen LogP contribution is -2.38. The molecular formula is C20H22F2N8O4. The Hall–Kier alpha value is -4.07. The smallest absolute Gasteiger partial charge is 0.406 e. The number of pyridine rings is 1. The molecule has 1 aliphatic heterocycles. The number of rotatable bonds is 9. The summed E-state index contributed by atoms with van der Waals surface area (Å²) in [5.41, 5.74) is 6.99. The third-order valence-electron chi connectivity index (χ3n) is 4.68. The van der Waals surface area contributed by atoms with E-state index >= 15 is 0 Å². The Bertz CT molecular complexity index is 1160. The minimum Gasteiger partial charge on any atom is -0.485 e. The van der Waals surface area contributed by atoms with E-state index < -0.39 is 18.3 Å². The number of amides is 1. The van der Waals surface area contributed by atoms with Gasteiger partial charge >= 0.3 is 6.09 Å². The lowest BCUT2D eigenvalue weighted by molar-refractivity contribution is -0.0794. The number of aromatic nitrogens is 5. The molecule has 12 nitrogen and oxygen atoms in total. The van der Waals surface area contributed by atoms with Crippen molar-refractivity contribution in [3.63, 3.8) is 0 Å². The van der Waals surface area contributed by atoms with Crippen molar-refractivity contribution in [2.75, 3.05) is 37.9 Å². The number of nitrogen functional groups attached to an aromatic ring is 1. The van der Waals surface area contributed by atoms with Crippen LogP contribution in [-0.2, 0) is 16.0 Å². The van der Waals surface area contributed by atoms with Crippen molar-refractivity contribution in [1.82, 2.24) is 30.0 Å². The lowest BCUT2D eigenvalue weighted by atomic mass is 10.1. The third-order valence-corrected chi connectivity index (χ3v) is 4.68. The number of alkyl carbamates (subject to hydrolysis) is 1. The minimum atomic E-state index is -2.87. The van der Waals surface area contributed by atoms with Crippen LogP contribution in [0.25, 0.3) is 11.1 Å². The number of ether oxygens (including phenoxy) is 3. The van der Waals surface area contributed by atoms with Crippen molar-refractivity contribution < 1.29 is 27.8 Å². The molecule has 0 radical (unpaired) electrons. The monoisotopic (exact) mass is 476 g/mol. The summed E-state index contributed by atoms with van der Waals surface area (Å²) >= 11 is 0. The van der Waals surface area contributed by atoms with Gasteiger partial charge in [0.15, 0.2) is 5.82 Å². The van der Waals surface area contributed by atoms with Crippen LogP contribution < -0.4 is 21.1 Å². The van der Waals surface area contributed by atoms with Gasteiger partial charge < -0.3 is 30.6 Å². The van der Waals surface area contributed by atoms with Crippen LogP contribution in [0, 0.1) is 0 Å². The quantitative estimate of drug-likeness (QED) is 0.419. The molecule has 0 atom stereocenters. The molecule has 4 N–H and O–H groups in total. The van der Waals surface area contributed by atoms with Gasteiger partial charge in [0.25, 0.3) is 6.43 Å². The maximum atomic E-state index is 13.0. The van der Waals surface area contributed by atoms with Crippen LogP contribution in [0.15, 0.2) is 30.7 Å². The summed E-state index contributed by atoms with van der Waals surface area (Å²) in [7, 11) is 1.48. The van der Waals surface area contributed by atoms with Gasteiger partial charge in [0.1, 0.15) is 35.9 Å². The van der Waals surface area contributed by atoms with Crippen molar-refractivity contribution in [2.24, 2.45) is 0 Å². The molecule has 1 amide bonds. The van der Waals surface area contributed by atoms with Crippen molar-refractivity contribution in [3.05, 3.63) is 36.5 Å². The molecule has 0 unspecified atom stereocenters. The fourth-order valence-electron chi connectivity index (χ4n) is 2.99. The van der Waals surface area contributed by atoms with Crippen molar-refractivity contribution in [2.45, 2.75) is 19.1 Å². The van der Waals surface area contributed by atoms with Crippen LogP contribution in [0.5, 0.6) is 5.75 Å². The van der Waals surface area contributed by atoms with Gasteiger partial charge in [-0.3, -0.25) is 4.68 Å². The van der Waals surface area contributed by atoms with Gasteiger partial charge in [-0.2, -0.15) is 5.10 Å². The van der Waals surface area contributed by atoms with Gasteiger partial charge in [-0.15, -0.1) is 0 Å². The third kappa shape index (κ3) is 5.64. The van der Waals surface area contributed by atoms with Gasteiger partial charge in [-0.1, -0.05) is 0 Å². The average molecular weight is 476 g/mol. The van der Waals surface area contributed by atoms with Gasteiger partial charge in [0.2, 0.25) is 0 Å². The first-order valence-corrected chi connectivity index (χ1v) is 10.2. The number of carbonyl (C=O) groups is 1. The van der Waals surface area contributed by atoms with Crippen LogP contribution in [0.1, 0.15) is 12.2 Å². The number of hydrogen-bond acceptors (Lipinski definition) is 10. The molecule has 0 spiro atoms. The number of carbonyl (C=O) groups excluding carboxylic acids is 1. The molecule has 0 aromatic carbocycles. The molecule has 14 heteroatoms. The molecule has 3 aromatic heterocycles. The van der Waals surface area contributed by atoms with E-state index in [0.29, 0.717) is 36.9 Å². The normalized spacial score (nSPS) is 13.4. The summed E-state index contributed by atoms with van der Waals surface area (Å²) in [6.07, 6.45) is 1.44. The molecule has 180 valence electrons. The van der Waals surface area contributed by atoms with Crippen LogP contribution in [-0.4, -0.2) is 63.8 Å². The highest BCUT2D eigenvalue weighted by Gasteiger charge is 2.23. The number of nitrogens with one attached hydrogen (secondary N) is 2. The number of alkyl halides is 2. The summed E-state index contributed by atoms with van der Waals surface area (Å²) in [4.78, 5) is 22.8. The molecule has 34 heavy (non-hydrogen) atoms. The zero-order valence-electron chi connectivity index (χ0n) is 18.1. The number of nitrogens with two attached hydrogens (primary N) is 1. The lowest BCUT2D eigenvalue weighted by Gasteiger charge is -2.27. The van der Waals surface area contributed by atoms with E-state index in [1.807, 2.05) is 0 Å². The SMILES string of the molecule is CNC(=O)OCCn1cc(-c2cnc(Nc3cc(N)nc(C(F)F)n3)cc2OC2COC2)cn1. The number of anilines is 3. The molecule has 1 saturated heterocycles. The molecule has 4 rings (SSSR count). The summed E-state index contributed by atoms with van der Waals surface area (Å²) in [5.74, 6) is 0.0898. The van der Waals surface area contributed by atoms with Crippen molar-refractivity contribution >= 4 is 23.5 Å². The van der Waals surface area contributed by atoms with E-state index in [2.05, 4.69) is 30.7 Å². The van der Waals surface area contributed by atoms with Crippen LogP contribution in [0.4, 0.5) is 31.0 Å². The van der Waals surface area contributed by atoms with E-state index in [4.69, 9.17) is 19.9 Å². The Balaban J connectivity index is 1.55. The van der Waals surface area contributed by atoms with Crippen LogP contribution >= 0.6 is 0 Å². The first-order valence-electron chi connectivity index (χ1n) is 10.2. The van der Waals surface area contributed by atoms with E-state index in [-0.39, 0.29) is 24.3 Å². The van der Waals surface area contributed by atoms with E-state index in [9.17, 15) is 13.6 Å². The topological polar surface area (TPSA) is 151 Å². The Labute approximate surface area is 192 Å². The van der Waals surface area contributed by atoms with Crippen molar-refractivity contribution in [1.29, 1.82) is 0 Å². The zero-order valence-corrected chi connectivity index (χ0v) is 18.1. The maximum Gasteiger partial charge on any atom is 0.406 e. The molecule has 0 saturated carbocycles. The Morgan fingerprint density at radius 1 is 1.29 bits per heavy atom. The van der Waals surface area contributed by atoms with Gasteiger partial charge in [0, 0.05) is 42.7 Å². The van der Waals surface area contributed by atoms with E-state index in [0.717, 1.165) is 5.56 Å². The maximum absolute atomic E-state index is 13.0. The highest BCUT2D eigenvalue weighted by Crippen LogP contribution is 2.33. The second-order valence-corrected chi connectivity index (χ2v) is 7.18. The Kier molecular flexibility index (Phi) is 6.96. The second kappa shape index (κ2) is 10.2. The highest BCUT2D eigenvalue weighted by atomic mass is 19.3. The predicted molar refractivity (Wildman–Crippen MR) is 116 cm³/mol. The summed E-state index contributed by atoms with van der Waals surface area (Å²) in [5, 5.41) is 9.50. The minimum absolute atomic E-state index is 0.0740. The van der Waals surface area contributed by atoms with Gasteiger partial charge in [-0.25, -0.2) is 28.5 Å².